The van der Waals surface area contributed by atoms with Crippen molar-refractivity contribution < 1.29 is 0 Å². The Kier molecular flexibility index (Phi) is 2.15. The Hall–Kier alpha value is -0.715. The summed E-state index contributed by atoms with van der Waals surface area (Å²) in [6, 6.07) is 6.14. The van der Waals surface area contributed by atoms with E-state index in [1.807, 2.05) is 12.1 Å². The first kappa shape index (κ1) is 7.39. The molecule has 0 saturated heterocycles. The standard InChI is InChI=1S/C9H11B/c1-3-8-6-7(2)4-5-9(8)10/h4-6H,3H2,1-2H3. The van der Waals surface area contributed by atoms with Crippen LogP contribution in [0.5, 0.6) is 0 Å². The van der Waals surface area contributed by atoms with Crippen LogP contribution in [0.4, 0.5) is 0 Å². The zero-order chi connectivity index (χ0) is 7.56. The normalized spacial score (nSPS) is 9.80. The van der Waals surface area contributed by atoms with Gasteiger partial charge in [-0.05, 0) is 13.3 Å². The molecule has 0 unspecified atom stereocenters. The first-order chi connectivity index (χ1) is 4.74. The average molecular weight is 130 g/mol. The van der Waals surface area contributed by atoms with Crippen molar-refractivity contribution in [2.24, 2.45) is 0 Å². The molecule has 1 rings (SSSR count). The smallest absolute Gasteiger partial charge is 0.0935 e. The van der Waals surface area contributed by atoms with E-state index in [0.717, 1.165) is 11.9 Å². The summed E-state index contributed by atoms with van der Waals surface area (Å²) in [5, 5.41) is 0. The Balaban J connectivity index is 3.09. The van der Waals surface area contributed by atoms with E-state index in [9.17, 15) is 0 Å². The minimum absolute atomic E-state index is 0.910. The molecule has 0 heterocycles. The van der Waals surface area contributed by atoms with Gasteiger partial charge in [-0.25, -0.2) is 0 Å². The number of benzene rings is 1. The zero-order valence-corrected chi connectivity index (χ0v) is 6.52. The van der Waals surface area contributed by atoms with E-state index in [2.05, 4.69) is 19.9 Å². The van der Waals surface area contributed by atoms with E-state index in [0.29, 0.717) is 0 Å². The lowest BCUT2D eigenvalue weighted by atomic mass is 9.88. The molecule has 2 radical (unpaired) electrons. The Labute approximate surface area is 63.7 Å². The van der Waals surface area contributed by atoms with E-state index in [1.54, 1.807) is 0 Å². The van der Waals surface area contributed by atoms with Crippen molar-refractivity contribution in [1.82, 2.24) is 0 Å². The maximum Gasteiger partial charge on any atom is 0.114 e. The quantitative estimate of drug-likeness (QED) is 0.503. The minimum Gasteiger partial charge on any atom is -0.0935 e. The maximum atomic E-state index is 5.70. The molecule has 0 aliphatic heterocycles. The van der Waals surface area contributed by atoms with Crippen LogP contribution in [0.25, 0.3) is 0 Å². The highest BCUT2D eigenvalue weighted by molar-refractivity contribution is 6.33. The predicted octanol–water partition coefficient (Wildman–Crippen LogP) is 1.35. The van der Waals surface area contributed by atoms with Crippen LogP contribution in [0.1, 0.15) is 18.1 Å². The Morgan fingerprint density at radius 3 is 2.60 bits per heavy atom. The number of hydrogen-bond acceptors (Lipinski definition) is 0. The molecule has 0 bridgehead atoms. The molecule has 10 heavy (non-hydrogen) atoms. The van der Waals surface area contributed by atoms with Gasteiger partial charge < -0.3 is 0 Å². The molecule has 0 N–H and O–H groups in total. The first-order valence-electron chi connectivity index (χ1n) is 3.59. The fourth-order valence-corrected chi connectivity index (χ4v) is 1.04. The summed E-state index contributed by atoms with van der Waals surface area (Å²) >= 11 is 0. The fourth-order valence-electron chi connectivity index (χ4n) is 1.04. The molecular weight excluding hydrogens is 119 g/mol. The van der Waals surface area contributed by atoms with Crippen LogP contribution in [-0.4, -0.2) is 7.85 Å². The summed E-state index contributed by atoms with van der Waals surface area (Å²) in [5.41, 5.74) is 3.44. The SMILES string of the molecule is [B]c1ccc(C)cc1CC. The molecule has 1 aromatic carbocycles. The molecule has 0 spiro atoms. The lowest BCUT2D eigenvalue weighted by Crippen LogP contribution is -2.08. The monoisotopic (exact) mass is 130 g/mol. The summed E-state index contributed by atoms with van der Waals surface area (Å²) in [5.74, 6) is 0. The van der Waals surface area contributed by atoms with Crippen LogP contribution in [-0.2, 0) is 6.42 Å². The van der Waals surface area contributed by atoms with Crippen LogP contribution in [0.15, 0.2) is 18.2 Å². The van der Waals surface area contributed by atoms with Crippen molar-refractivity contribution in [3.05, 3.63) is 29.3 Å². The van der Waals surface area contributed by atoms with Crippen molar-refractivity contribution in [1.29, 1.82) is 0 Å². The Bertz CT molecular complexity index is 228. The van der Waals surface area contributed by atoms with Gasteiger partial charge in [-0.2, -0.15) is 0 Å². The van der Waals surface area contributed by atoms with Crippen molar-refractivity contribution in [3.8, 4) is 0 Å². The molecule has 0 atom stereocenters. The molecule has 0 saturated carbocycles. The average Bonchev–Trinajstić information content (AvgIpc) is 1.94. The molecule has 0 fully saturated rings. The molecule has 1 aromatic rings. The summed E-state index contributed by atoms with van der Waals surface area (Å²) in [6.07, 6.45) is 1.02. The number of aryl methyl sites for hydroxylation is 2. The molecule has 0 nitrogen and oxygen atoms in total. The zero-order valence-electron chi connectivity index (χ0n) is 6.52. The van der Waals surface area contributed by atoms with Crippen LogP contribution >= 0.6 is 0 Å². The molecule has 0 aliphatic rings. The van der Waals surface area contributed by atoms with Crippen LogP contribution in [0.2, 0.25) is 0 Å². The molecule has 50 valence electrons. The second kappa shape index (κ2) is 2.91. The van der Waals surface area contributed by atoms with Crippen molar-refractivity contribution in [2.45, 2.75) is 20.3 Å². The first-order valence-corrected chi connectivity index (χ1v) is 3.59. The highest BCUT2D eigenvalue weighted by Gasteiger charge is 1.93. The molecule has 1 heteroatoms. The third-order valence-corrected chi connectivity index (χ3v) is 1.68. The van der Waals surface area contributed by atoms with Crippen molar-refractivity contribution in [2.75, 3.05) is 0 Å². The van der Waals surface area contributed by atoms with E-state index in [4.69, 9.17) is 7.85 Å². The third-order valence-electron chi connectivity index (χ3n) is 1.68. The van der Waals surface area contributed by atoms with E-state index in [1.165, 1.54) is 11.1 Å². The Morgan fingerprint density at radius 2 is 2.10 bits per heavy atom. The molecular formula is C9H11B. The molecule has 0 aliphatic carbocycles. The van der Waals surface area contributed by atoms with E-state index < -0.39 is 0 Å². The minimum atomic E-state index is 0.910. The van der Waals surface area contributed by atoms with Gasteiger partial charge in [0.15, 0.2) is 0 Å². The van der Waals surface area contributed by atoms with Gasteiger partial charge in [0.25, 0.3) is 0 Å². The topological polar surface area (TPSA) is 0 Å². The number of rotatable bonds is 1. The largest absolute Gasteiger partial charge is 0.114 e. The number of hydrogen-bond donors (Lipinski definition) is 0. The van der Waals surface area contributed by atoms with Gasteiger partial charge in [0.2, 0.25) is 0 Å². The summed E-state index contributed by atoms with van der Waals surface area (Å²) in [4.78, 5) is 0. The maximum absolute atomic E-state index is 5.70. The van der Waals surface area contributed by atoms with Gasteiger partial charge in [0.1, 0.15) is 7.85 Å². The highest BCUT2D eigenvalue weighted by Crippen LogP contribution is 2.00. The second-order valence-electron chi connectivity index (χ2n) is 2.56. The van der Waals surface area contributed by atoms with Gasteiger partial charge in [-0.3, -0.25) is 0 Å². The summed E-state index contributed by atoms with van der Waals surface area (Å²) < 4.78 is 0. The summed E-state index contributed by atoms with van der Waals surface area (Å²) in [6.45, 7) is 4.20. The fraction of sp³-hybridized carbons (Fsp3) is 0.333. The van der Waals surface area contributed by atoms with Crippen LogP contribution < -0.4 is 5.46 Å². The van der Waals surface area contributed by atoms with Gasteiger partial charge >= 0.3 is 0 Å². The van der Waals surface area contributed by atoms with Crippen molar-refractivity contribution >= 4 is 13.3 Å². The Morgan fingerprint density at radius 1 is 1.40 bits per heavy atom. The lowest BCUT2D eigenvalue weighted by molar-refractivity contribution is 1.15. The van der Waals surface area contributed by atoms with E-state index >= 15 is 0 Å². The predicted molar refractivity (Wildman–Crippen MR) is 45.9 cm³/mol. The third kappa shape index (κ3) is 1.41. The van der Waals surface area contributed by atoms with Gasteiger partial charge in [-0.15, -0.1) is 0 Å². The summed E-state index contributed by atoms with van der Waals surface area (Å²) in [7, 11) is 5.70. The van der Waals surface area contributed by atoms with Gasteiger partial charge in [0, 0.05) is 0 Å². The molecule has 0 aromatic heterocycles. The van der Waals surface area contributed by atoms with Crippen LogP contribution in [0, 0.1) is 6.92 Å². The van der Waals surface area contributed by atoms with Crippen LogP contribution in [0.3, 0.4) is 0 Å². The van der Waals surface area contributed by atoms with Gasteiger partial charge in [-0.1, -0.05) is 41.7 Å². The van der Waals surface area contributed by atoms with E-state index in [-0.39, 0.29) is 0 Å². The highest BCUT2D eigenvalue weighted by atomic mass is 14.0. The van der Waals surface area contributed by atoms with Gasteiger partial charge in [0.05, 0.1) is 0 Å². The lowest BCUT2D eigenvalue weighted by Gasteiger charge is -2.02. The molecule has 0 amide bonds. The second-order valence-corrected chi connectivity index (χ2v) is 2.56. The van der Waals surface area contributed by atoms with Crippen molar-refractivity contribution in [3.63, 3.8) is 0 Å².